The Morgan fingerprint density at radius 1 is 0.870 bits per heavy atom. The molecule has 0 amide bonds. The lowest BCUT2D eigenvalue weighted by molar-refractivity contribution is 0.0130. The third kappa shape index (κ3) is 11.3. The van der Waals surface area contributed by atoms with Gasteiger partial charge in [0.25, 0.3) is 5.56 Å². The number of Topliss-reactive ketones (excluding diaryl/α,β-unsaturated/α-hetero) is 1. The fourth-order valence-electron chi connectivity index (χ4n) is 8.10. The monoisotopic (exact) mass is 940 g/mol. The Morgan fingerprint density at radius 2 is 1.59 bits per heavy atom. The number of rotatable bonds is 22. The SMILES string of the molecule is CN(C)c1ccc2c(-c3ccc(C(=O)CCCCOCCOCCOCCCn4cc(-c5nc6c(=O)[nH]c(N)nc6n5Cc5ccc(F)cc5)cn4)cc3C(=O)O)c3ccc(=[N+](C)C)cc-3oc2c1. The zero-order valence-corrected chi connectivity index (χ0v) is 39.0. The van der Waals surface area contributed by atoms with Gasteiger partial charge in [-0.1, -0.05) is 24.3 Å². The number of carboxylic acids is 1. The zero-order valence-electron chi connectivity index (χ0n) is 39.0. The lowest BCUT2D eigenvalue weighted by Crippen LogP contribution is -2.21. The predicted molar refractivity (Wildman–Crippen MR) is 261 cm³/mol. The van der Waals surface area contributed by atoms with Crippen LogP contribution in [0.3, 0.4) is 0 Å². The van der Waals surface area contributed by atoms with Crippen molar-refractivity contribution in [1.82, 2.24) is 33.9 Å². The summed E-state index contributed by atoms with van der Waals surface area (Å²) in [5.74, 6) is -0.535. The van der Waals surface area contributed by atoms with Gasteiger partial charge in [-0.25, -0.2) is 18.7 Å². The average Bonchev–Trinajstić information content (AvgIpc) is 3.95. The minimum Gasteiger partial charge on any atom is -0.478 e. The Hall–Kier alpha value is -7.54. The first-order valence-corrected chi connectivity index (χ1v) is 22.7. The van der Waals surface area contributed by atoms with Crippen molar-refractivity contribution in [3.05, 3.63) is 129 Å². The topological polar surface area (TPSA) is 209 Å². The number of aryl methyl sites for hydroxylation is 1. The largest absolute Gasteiger partial charge is 0.478 e. The number of halogens is 1. The van der Waals surface area contributed by atoms with Crippen LogP contribution >= 0.6 is 0 Å². The van der Waals surface area contributed by atoms with Gasteiger partial charge in [-0.05, 0) is 66.8 Å². The van der Waals surface area contributed by atoms with Gasteiger partial charge in [0.2, 0.25) is 11.3 Å². The highest BCUT2D eigenvalue weighted by molar-refractivity contribution is 6.09. The van der Waals surface area contributed by atoms with Crippen LogP contribution in [0.25, 0.3) is 56.0 Å². The van der Waals surface area contributed by atoms with Crippen LogP contribution in [-0.4, -0.2) is 114 Å². The third-order valence-electron chi connectivity index (χ3n) is 11.7. The molecule has 0 fully saturated rings. The molecule has 0 bridgehead atoms. The second kappa shape index (κ2) is 21.6. The number of nitrogen functional groups attached to an aromatic ring is 1. The summed E-state index contributed by atoms with van der Waals surface area (Å²) >= 11 is 0. The molecule has 0 spiro atoms. The highest BCUT2D eigenvalue weighted by Gasteiger charge is 2.24. The smallest absolute Gasteiger partial charge is 0.336 e. The van der Waals surface area contributed by atoms with Crippen LogP contribution in [0, 0.1) is 5.82 Å². The number of carbonyl (C=O) groups excluding carboxylic acids is 1. The summed E-state index contributed by atoms with van der Waals surface area (Å²) in [6.45, 7) is 3.44. The second-order valence-electron chi connectivity index (χ2n) is 17.0. The molecular weight excluding hydrogens is 886 g/mol. The third-order valence-corrected chi connectivity index (χ3v) is 11.7. The molecule has 3 aromatic heterocycles. The van der Waals surface area contributed by atoms with Gasteiger partial charge in [-0.2, -0.15) is 10.1 Å². The minimum absolute atomic E-state index is 0.0319. The number of carbonyl (C=O) groups is 2. The van der Waals surface area contributed by atoms with E-state index in [1.54, 1.807) is 39.7 Å². The molecule has 358 valence electrons. The van der Waals surface area contributed by atoms with Crippen LogP contribution in [0.5, 0.6) is 0 Å². The van der Waals surface area contributed by atoms with E-state index in [4.69, 9.17) is 24.4 Å². The fourth-order valence-corrected chi connectivity index (χ4v) is 8.10. The molecule has 0 atom stereocenters. The van der Waals surface area contributed by atoms with Gasteiger partial charge >= 0.3 is 5.97 Å². The first kappa shape index (κ1) is 47.9. The number of aromatic carboxylic acids is 1. The first-order valence-electron chi connectivity index (χ1n) is 22.7. The highest BCUT2D eigenvalue weighted by Crippen LogP contribution is 2.42. The number of anilines is 2. The number of imidazole rings is 1. The number of hydrogen-bond acceptors (Lipinski definition) is 12. The van der Waals surface area contributed by atoms with Gasteiger partial charge in [-0.15, -0.1) is 0 Å². The van der Waals surface area contributed by atoms with Crippen LogP contribution in [0.15, 0.2) is 100 Å². The molecule has 4 heterocycles. The number of aromatic amines is 1. The number of hydrogen-bond donors (Lipinski definition) is 3. The number of nitrogens with one attached hydrogen (secondary N) is 1. The number of aromatic nitrogens is 6. The number of nitrogens with zero attached hydrogens (tertiary/aromatic N) is 7. The molecule has 69 heavy (non-hydrogen) atoms. The Kier molecular flexibility index (Phi) is 15.0. The summed E-state index contributed by atoms with van der Waals surface area (Å²) in [6, 6.07) is 22.7. The molecule has 0 unspecified atom stereocenters. The molecule has 0 saturated carbocycles. The second-order valence-corrected chi connectivity index (χ2v) is 17.0. The van der Waals surface area contributed by atoms with Crippen molar-refractivity contribution in [1.29, 1.82) is 0 Å². The lowest BCUT2D eigenvalue weighted by Gasteiger charge is -2.19. The number of fused-ring (bicyclic) bond motifs is 3. The number of ketones is 1. The van der Waals surface area contributed by atoms with E-state index in [2.05, 4.69) is 20.1 Å². The van der Waals surface area contributed by atoms with Crippen molar-refractivity contribution < 1.29 is 37.7 Å². The van der Waals surface area contributed by atoms with Crippen molar-refractivity contribution in [2.75, 3.05) is 78.5 Å². The van der Waals surface area contributed by atoms with E-state index in [1.165, 1.54) is 18.2 Å². The van der Waals surface area contributed by atoms with E-state index in [9.17, 15) is 23.9 Å². The van der Waals surface area contributed by atoms with E-state index < -0.39 is 11.5 Å². The molecule has 18 heteroatoms. The average molecular weight is 941 g/mol. The zero-order chi connectivity index (χ0) is 48.6. The summed E-state index contributed by atoms with van der Waals surface area (Å²) in [5, 5.41) is 16.6. The van der Waals surface area contributed by atoms with Crippen molar-refractivity contribution in [3.8, 4) is 33.8 Å². The first-order chi connectivity index (χ1) is 33.3. The molecule has 3 aromatic carbocycles. The van der Waals surface area contributed by atoms with Gasteiger partial charge in [0, 0.05) is 86.4 Å². The molecule has 17 nitrogen and oxygen atoms in total. The molecule has 0 saturated heterocycles. The molecule has 4 N–H and O–H groups in total. The molecule has 1 aliphatic carbocycles. The number of carboxylic acid groups (broad SMARTS) is 1. The van der Waals surface area contributed by atoms with Crippen molar-refractivity contribution in [2.24, 2.45) is 0 Å². The Labute approximate surface area is 396 Å². The van der Waals surface area contributed by atoms with Crippen LogP contribution in [0.2, 0.25) is 0 Å². The Bertz CT molecular complexity index is 3220. The summed E-state index contributed by atoms with van der Waals surface area (Å²) in [6.07, 6.45) is 5.70. The van der Waals surface area contributed by atoms with Crippen LogP contribution in [-0.2, 0) is 27.3 Å². The van der Waals surface area contributed by atoms with E-state index in [-0.39, 0.29) is 41.6 Å². The number of unbranched alkanes of at least 4 members (excludes halogenated alkanes) is 1. The number of nitrogens with two attached hydrogens (primary N) is 1. The maximum Gasteiger partial charge on any atom is 0.336 e. The molecule has 6 aromatic rings. The fraction of sp³-hybridized carbons (Fsp3) is 0.314. The van der Waals surface area contributed by atoms with Gasteiger partial charge < -0.3 is 38.9 Å². The summed E-state index contributed by atoms with van der Waals surface area (Å²) < 4.78 is 42.6. The van der Waals surface area contributed by atoms with E-state index in [1.807, 2.05) is 80.3 Å². The number of ether oxygens (including phenoxy) is 3. The highest BCUT2D eigenvalue weighted by atomic mass is 19.1. The van der Waals surface area contributed by atoms with E-state index >= 15 is 0 Å². The van der Waals surface area contributed by atoms with Crippen molar-refractivity contribution in [2.45, 2.75) is 38.8 Å². The van der Waals surface area contributed by atoms with Crippen molar-refractivity contribution >= 4 is 45.5 Å². The standard InChI is InChI=1S/C51H54FN9O8/c1-58(2)36-14-17-39-43(27-36)69-44-28-37(59(3)4)15-18-40(44)45(39)38-16-11-33(26-41(38)50(64)65)42(62)8-5-6-20-66-22-24-68-25-23-67-21-7-19-60-31-34(29-54-60)47-55-46-48(56-51(53)57-49(46)63)61(47)30-32-9-12-35(52)13-10-32/h9-18,26-29,31H,5-8,19-25,30H2,1-4H3,(H3-,53,56,57,63,64,65)/p+1. The predicted octanol–water partition coefficient (Wildman–Crippen LogP) is 6.56. The molecule has 8 rings (SSSR count). The summed E-state index contributed by atoms with van der Waals surface area (Å²) in [7, 11) is 7.80. The molecule has 0 radical (unpaired) electrons. The summed E-state index contributed by atoms with van der Waals surface area (Å²) in [5.41, 5.74) is 11.3. The summed E-state index contributed by atoms with van der Waals surface area (Å²) in [4.78, 5) is 52.1. The van der Waals surface area contributed by atoms with Crippen LogP contribution in [0.1, 0.15) is 52.0 Å². The van der Waals surface area contributed by atoms with E-state index in [0.29, 0.717) is 105 Å². The number of H-pyrrole nitrogens is 1. The normalized spacial score (nSPS) is 11.6. The quantitative estimate of drug-likeness (QED) is 0.0285. The van der Waals surface area contributed by atoms with Gasteiger partial charge in [0.1, 0.15) is 37.1 Å². The van der Waals surface area contributed by atoms with Gasteiger partial charge in [-0.3, -0.25) is 19.3 Å². The van der Waals surface area contributed by atoms with E-state index in [0.717, 1.165) is 33.1 Å². The molecule has 1 aliphatic heterocycles. The minimum atomic E-state index is -1.12. The van der Waals surface area contributed by atoms with Crippen molar-refractivity contribution in [3.63, 3.8) is 0 Å². The van der Waals surface area contributed by atoms with Gasteiger partial charge in [0.15, 0.2) is 16.9 Å². The van der Waals surface area contributed by atoms with Gasteiger partial charge in [0.05, 0.1) is 56.4 Å². The molecule has 2 aliphatic rings. The Balaban J connectivity index is 0.751. The Morgan fingerprint density at radius 3 is 2.32 bits per heavy atom. The lowest BCUT2D eigenvalue weighted by atomic mass is 9.89. The maximum absolute atomic E-state index is 13.6. The number of benzene rings is 4. The van der Waals surface area contributed by atoms with Crippen LogP contribution in [0.4, 0.5) is 16.0 Å². The maximum atomic E-state index is 13.6. The molecular formula is C51H55FN9O8+. The van der Waals surface area contributed by atoms with Crippen LogP contribution < -0.4 is 26.1 Å².